The van der Waals surface area contributed by atoms with Crippen molar-refractivity contribution in [1.29, 1.82) is 0 Å². The van der Waals surface area contributed by atoms with Gasteiger partial charge in [-0.15, -0.1) is 10.2 Å². The first-order valence-corrected chi connectivity index (χ1v) is 5.07. The summed E-state index contributed by atoms with van der Waals surface area (Å²) in [6, 6.07) is 0. The van der Waals surface area contributed by atoms with Crippen LogP contribution in [0.1, 0.15) is 16.4 Å². The van der Waals surface area contributed by atoms with Gasteiger partial charge in [0.1, 0.15) is 11.3 Å². The second kappa shape index (κ2) is 3.47. The summed E-state index contributed by atoms with van der Waals surface area (Å²) >= 11 is 1.49. The highest BCUT2D eigenvalue weighted by atomic mass is 32.1. The van der Waals surface area contributed by atoms with Crippen molar-refractivity contribution in [2.24, 2.45) is 5.73 Å². The van der Waals surface area contributed by atoms with Gasteiger partial charge in [-0.2, -0.15) is 0 Å². The fraction of sp³-hybridized carbons (Fsp3) is 0.375. The second-order valence-corrected chi connectivity index (χ2v) is 4.01. The van der Waals surface area contributed by atoms with Crippen molar-refractivity contribution in [3.63, 3.8) is 0 Å². The molecule has 0 fully saturated rings. The molecule has 2 rings (SSSR count). The molecule has 0 bridgehead atoms. The zero-order chi connectivity index (χ0) is 10.1. The lowest BCUT2D eigenvalue weighted by molar-refractivity contribution is 0.903. The SMILES string of the molecule is Cc1ncn(-c2nnc(CN)s2)c1C. The van der Waals surface area contributed by atoms with Gasteiger partial charge in [-0.3, -0.25) is 4.57 Å². The highest BCUT2D eigenvalue weighted by molar-refractivity contribution is 7.13. The lowest BCUT2D eigenvalue weighted by Crippen LogP contribution is -1.94. The normalized spacial score (nSPS) is 10.8. The standard InChI is InChI=1S/C8H11N5S/c1-5-6(2)13(4-10-5)8-12-11-7(3-9)14-8/h4H,3,9H2,1-2H3. The zero-order valence-corrected chi connectivity index (χ0v) is 8.88. The van der Waals surface area contributed by atoms with Crippen LogP contribution in [0.5, 0.6) is 0 Å². The molecule has 0 amide bonds. The van der Waals surface area contributed by atoms with Crippen molar-refractivity contribution in [1.82, 2.24) is 19.7 Å². The molecule has 0 radical (unpaired) electrons. The third-order valence-corrected chi connectivity index (χ3v) is 3.03. The second-order valence-electron chi connectivity index (χ2n) is 2.97. The molecule has 0 saturated heterocycles. The van der Waals surface area contributed by atoms with E-state index >= 15 is 0 Å². The summed E-state index contributed by atoms with van der Waals surface area (Å²) in [4.78, 5) is 4.20. The Hall–Kier alpha value is -1.27. The fourth-order valence-electron chi connectivity index (χ4n) is 1.12. The Kier molecular flexibility index (Phi) is 2.30. The van der Waals surface area contributed by atoms with E-state index in [-0.39, 0.29) is 0 Å². The van der Waals surface area contributed by atoms with E-state index < -0.39 is 0 Å². The van der Waals surface area contributed by atoms with Gasteiger partial charge in [-0.1, -0.05) is 11.3 Å². The van der Waals surface area contributed by atoms with Crippen LogP contribution in [0.25, 0.3) is 5.13 Å². The van der Waals surface area contributed by atoms with Crippen molar-refractivity contribution < 1.29 is 0 Å². The molecule has 0 aliphatic heterocycles. The first kappa shape index (κ1) is 9.29. The zero-order valence-electron chi connectivity index (χ0n) is 8.06. The van der Waals surface area contributed by atoms with Gasteiger partial charge in [0, 0.05) is 12.2 Å². The Morgan fingerprint density at radius 1 is 1.43 bits per heavy atom. The number of imidazole rings is 1. The van der Waals surface area contributed by atoms with Crippen LogP contribution in [0.3, 0.4) is 0 Å². The Balaban J connectivity index is 2.44. The quantitative estimate of drug-likeness (QED) is 0.794. The Morgan fingerprint density at radius 3 is 2.71 bits per heavy atom. The molecule has 14 heavy (non-hydrogen) atoms. The molecule has 0 saturated carbocycles. The maximum atomic E-state index is 5.47. The molecule has 74 valence electrons. The molecular formula is C8H11N5S. The van der Waals surface area contributed by atoms with Crippen LogP contribution in [0.15, 0.2) is 6.33 Å². The van der Waals surface area contributed by atoms with E-state index in [9.17, 15) is 0 Å². The molecule has 5 nitrogen and oxygen atoms in total. The predicted molar refractivity (Wildman–Crippen MR) is 54.4 cm³/mol. The van der Waals surface area contributed by atoms with E-state index in [2.05, 4.69) is 15.2 Å². The van der Waals surface area contributed by atoms with Crippen LogP contribution in [0.2, 0.25) is 0 Å². The number of nitrogens with two attached hydrogens (primary N) is 1. The van der Waals surface area contributed by atoms with Crippen LogP contribution in [0, 0.1) is 13.8 Å². The highest BCUT2D eigenvalue weighted by Gasteiger charge is 2.08. The molecule has 2 heterocycles. The summed E-state index contributed by atoms with van der Waals surface area (Å²) in [6.07, 6.45) is 1.76. The third-order valence-electron chi connectivity index (χ3n) is 2.09. The molecule has 0 unspecified atom stereocenters. The van der Waals surface area contributed by atoms with Crippen molar-refractivity contribution in [3.8, 4) is 5.13 Å². The smallest absolute Gasteiger partial charge is 0.217 e. The van der Waals surface area contributed by atoms with Gasteiger partial charge in [0.05, 0.1) is 5.69 Å². The average molecular weight is 209 g/mol. The first-order chi connectivity index (χ1) is 6.72. The summed E-state index contributed by atoms with van der Waals surface area (Å²) in [5.41, 5.74) is 7.56. The molecule has 0 aliphatic carbocycles. The fourth-order valence-corrected chi connectivity index (χ4v) is 1.86. The van der Waals surface area contributed by atoms with Gasteiger partial charge < -0.3 is 5.73 Å². The van der Waals surface area contributed by atoms with Gasteiger partial charge in [0.25, 0.3) is 0 Å². The molecule has 0 atom stereocenters. The van der Waals surface area contributed by atoms with Crippen molar-refractivity contribution in [2.75, 3.05) is 0 Å². The van der Waals surface area contributed by atoms with E-state index in [1.54, 1.807) is 6.33 Å². The average Bonchev–Trinajstić information content (AvgIpc) is 2.75. The molecular weight excluding hydrogens is 198 g/mol. The van der Waals surface area contributed by atoms with Crippen LogP contribution < -0.4 is 5.73 Å². The molecule has 2 N–H and O–H groups in total. The van der Waals surface area contributed by atoms with E-state index in [1.807, 2.05) is 18.4 Å². The lowest BCUT2D eigenvalue weighted by atomic mass is 10.4. The van der Waals surface area contributed by atoms with Crippen molar-refractivity contribution >= 4 is 11.3 Å². The number of aromatic nitrogens is 4. The lowest BCUT2D eigenvalue weighted by Gasteiger charge is -1.97. The molecule has 0 aromatic carbocycles. The summed E-state index contributed by atoms with van der Waals surface area (Å²) < 4.78 is 1.92. The van der Waals surface area contributed by atoms with Gasteiger partial charge in [-0.05, 0) is 13.8 Å². The monoisotopic (exact) mass is 209 g/mol. The van der Waals surface area contributed by atoms with Crippen LogP contribution in [-0.4, -0.2) is 19.7 Å². The minimum absolute atomic E-state index is 0.435. The molecule has 2 aromatic heterocycles. The Morgan fingerprint density at radius 2 is 2.21 bits per heavy atom. The van der Waals surface area contributed by atoms with Crippen LogP contribution in [-0.2, 0) is 6.54 Å². The van der Waals surface area contributed by atoms with Gasteiger partial charge >= 0.3 is 0 Å². The van der Waals surface area contributed by atoms with E-state index in [0.717, 1.165) is 21.5 Å². The van der Waals surface area contributed by atoms with E-state index in [0.29, 0.717) is 6.54 Å². The topological polar surface area (TPSA) is 69.6 Å². The molecule has 0 spiro atoms. The number of aryl methyl sites for hydroxylation is 1. The maximum Gasteiger partial charge on any atom is 0.217 e. The van der Waals surface area contributed by atoms with Crippen LogP contribution in [0.4, 0.5) is 0 Å². The van der Waals surface area contributed by atoms with Crippen LogP contribution >= 0.6 is 11.3 Å². The van der Waals surface area contributed by atoms with Gasteiger partial charge in [-0.25, -0.2) is 4.98 Å². The number of hydrogen-bond donors (Lipinski definition) is 1. The Labute approximate surface area is 85.6 Å². The minimum atomic E-state index is 0.435. The molecule has 2 aromatic rings. The first-order valence-electron chi connectivity index (χ1n) is 4.25. The van der Waals surface area contributed by atoms with Crippen molar-refractivity contribution in [2.45, 2.75) is 20.4 Å². The summed E-state index contributed by atoms with van der Waals surface area (Å²) in [5, 5.41) is 9.66. The highest BCUT2D eigenvalue weighted by Crippen LogP contribution is 2.17. The minimum Gasteiger partial charge on any atom is -0.324 e. The van der Waals surface area contributed by atoms with E-state index in [1.165, 1.54) is 11.3 Å². The molecule has 0 aliphatic rings. The van der Waals surface area contributed by atoms with E-state index in [4.69, 9.17) is 5.73 Å². The summed E-state index contributed by atoms with van der Waals surface area (Å²) in [7, 11) is 0. The summed E-state index contributed by atoms with van der Waals surface area (Å²) in [6.45, 7) is 4.41. The number of hydrogen-bond acceptors (Lipinski definition) is 5. The summed E-state index contributed by atoms with van der Waals surface area (Å²) in [5.74, 6) is 0. The van der Waals surface area contributed by atoms with Gasteiger partial charge in [0.2, 0.25) is 5.13 Å². The molecule has 6 heteroatoms. The number of nitrogens with zero attached hydrogens (tertiary/aromatic N) is 4. The Bertz CT molecular complexity index is 444. The predicted octanol–water partition coefficient (Wildman–Crippen LogP) is 0.799. The number of rotatable bonds is 2. The third kappa shape index (κ3) is 1.42. The van der Waals surface area contributed by atoms with Gasteiger partial charge in [0.15, 0.2) is 0 Å². The maximum absolute atomic E-state index is 5.47. The largest absolute Gasteiger partial charge is 0.324 e. The van der Waals surface area contributed by atoms with Crippen molar-refractivity contribution in [3.05, 3.63) is 22.7 Å².